The van der Waals surface area contributed by atoms with Crippen LogP contribution < -0.4 is 0 Å². The molecule has 0 saturated heterocycles. The highest BCUT2D eigenvalue weighted by Crippen LogP contribution is 2.27. The van der Waals surface area contributed by atoms with Gasteiger partial charge in [-0.25, -0.2) is 0 Å². The summed E-state index contributed by atoms with van der Waals surface area (Å²) >= 11 is 0. The van der Waals surface area contributed by atoms with Gasteiger partial charge in [0.2, 0.25) is 0 Å². The monoisotopic (exact) mass is 290 g/mol. The van der Waals surface area contributed by atoms with Crippen LogP contribution in [0.3, 0.4) is 0 Å². The number of hydrogen-bond donors (Lipinski definition) is 1. The predicted molar refractivity (Wildman–Crippen MR) is 86.5 cm³/mol. The molecule has 0 unspecified atom stereocenters. The molecule has 0 radical (unpaired) electrons. The summed E-state index contributed by atoms with van der Waals surface area (Å²) < 4.78 is 2.29. The highest BCUT2D eigenvalue weighted by atomic mass is 15.1. The van der Waals surface area contributed by atoms with Crippen molar-refractivity contribution in [2.24, 2.45) is 0 Å². The van der Waals surface area contributed by atoms with E-state index in [4.69, 9.17) is 5.26 Å². The number of nitrogens with zero attached hydrogens (tertiary/aromatic N) is 3. The molecule has 4 heteroatoms. The Morgan fingerprint density at radius 1 is 1.18 bits per heavy atom. The maximum atomic E-state index is 8.91. The quantitative estimate of drug-likeness (QED) is 0.799. The van der Waals surface area contributed by atoms with Gasteiger partial charge in [-0.3, -0.25) is 5.10 Å². The lowest BCUT2D eigenvalue weighted by molar-refractivity contribution is 0.724. The van der Waals surface area contributed by atoms with E-state index in [2.05, 4.69) is 47.7 Å². The van der Waals surface area contributed by atoms with E-state index < -0.39 is 0 Å². The molecule has 0 spiro atoms. The van der Waals surface area contributed by atoms with Crippen LogP contribution in [-0.2, 0) is 6.54 Å². The maximum Gasteiger partial charge on any atom is 0.0991 e. The van der Waals surface area contributed by atoms with Crippen molar-refractivity contribution < 1.29 is 0 Å². The number of aromatic nitrogens is 3. The molecular formula is C18H18N4. The number of aromatic amines is 1. The summed E-state index contributed by atoms with van der Waals surface area (Å²) in [5, 5.41) is 16.1. The molecule has 110 valence electrons. The van der Waals surface area contributed by atoms with Crippen molar-refractivity contribution in [1.29, 1.82) is 5.26 Å². The van der Waals surface area contributed by atoms with E-state index in [1.807, 2.05) is 30.5 Å². The topological polar surface area (TPSA) is 57.4 Å². The number of aryl methyl sites for hydroxylation is 2. The molecule has 0 saturated carbocycles. The molecular weight excluding hydrogens is 272 g/mol. The molecule has 4 nitrogen and oxygen atoms in total. The first-order chi connectivity index (χ1) is 10.6. The number of hydrogen-bond acceptors (Lipinski definition) is 2. The summed E-state index contributed by atoms with van der Waals surface area (Å²) in [4.78, 5) is 0. The number of H-pyrrole nitrogens is 1. The lowest BCUT2D eigenvalue weighted by atomic mass is 10.0. The van der Waals surface area contributed by atoms with E-state index >= 15 is 0 Å². The summed E-state index contributed by atoms with van der Waals surface area (Å²) in [6.45, 7) is 7.10. The van der Waals surface area contributed by atoms with Crippen LogP contribution >= 0.6 is 0 Å². The van der Waals surface area contributed by atoms with Crippen molar-refractivity contribution in [1.82, 2.24) is 14.8 Å². The molecule has 0 aliphatic heterocycles. The van der Waals surface area contributed by atoms with Crippen LogP contribution in [0, 0.1) is 32.1 Å². The van der Waals surface area contributed by atoms with E-state index in [0.717, 1.165) is 17.8 Å². The Bertz CT molecular complexity index is 844. The van der Waals surface area contributed by atoms with Crippen molar-refractivity contribution in [3.63, 3.8) is 0 Å². The van der Waals surface area contributed by atoms with Gasteiger partial charge in [0.25, 0.3) is 0 Å². The molecule has 3 rings (SSSR count). The second-order valence-electron chi connectivity index (χ2n) is 5.59. The zero-order chi connectivity index (χ0) is 15.7. The molecule has 0 aliphatic carbocycles. The molecule has 0 bridgehead atoms. The zero-order valence-electron chi connectivity index (χ0n) is 13.0. The van der Waals surface area contributed by atoms with Gasteiger partial charge in [0.1, 0.15) is 0 Å². The Labute approximate surface area is 130 Å². The number of nitriles is 1. The van der Waals surface area contributed by atoms with Gasteiger partial charge in [0.15, 0.2) is 0 Å². The van der Waals surface area contributed by atoms with Gasteiger partial charge in [0, 0.05) is 17.0 Å². The molecule has 3 aromatic rings. The molecule has 1 aromatic carbocycles. The Morgan fingerprint density at radius 2 is 1.91 bits per heavy atom. The third kappa shape index (κ3) is 2.42. The first-order valence-corrected chi connectivity index (χ1v) is 7.26. The fourth-order valence-corrected chi connectivity index (χ4v) is 2.75. The molecule has 0 amide bonds. The number of nitrogens with one attached hydrogen (secondary N) is 1. The molecule has 0 fully saturated rings. The van der Waals surface area contributed by atoms with Crippen LogP contribution in [0.2, 0.25) is 0 Å². The van der Waals surface area contributed by atoms with Crippen LogP contribution in [0.4, 0.5) is 0 Å². The minimum Gasteiger partial charge on any atom is -0.343 e. The Kier molecular flexibility index (Phi) is 3.56. The van der Waals surface area contributed by atoms with E-state index in [9.17, 15) is 0 Å². The van der Waals surface area contributed by atoms with Crippen LogP contribution in [0.15, 0.2) is 36.5 Å². The van der Waals surface area contributed by atoms with Gasteiger partial charge in [-0.2, -0.15) is 10.4 Å². The van der Waals surface area contributed by atoms with E-state index in [-0.39, 0.29) is 0 Å². The standard InChI is InChI=1S/C18H18N4/c1-12-10-20-21-18(12)11-22-13(2)8-17(14(22)3)16-6-4-15(9-19)5-7-16/h4-8,10H,11H2,1-3H3,(H,20,21). The van der Waals surface area contributed by atoms with E-state index in [1.165, 1.54) is 22.5 Å². The lowest BCUT2D eigenvalue weighted by Crippen LogP contribution is -2.05. The van der Waals surface area contributed by atoms with Crippen molar-refractivity contribution in [3.05, 3.63) is 64.7 Å². The minimum absolute atomic E-state index is 0.686. The van der Waals surface area contributed by atoms with Crippen molar-refractivity contribution in [2.45, 2.75) is 27.3 Å². The smallest absolute Gasteiger partial charge is 0.0991 e. The van der Waals surface area contributed by atoms with Crippen molar-refractivity contribution in [3.8, 4) is 17.2 Å². The normalized spacial score (nSPS) is 10.6. The fourth-order valence-electron chi connectivity index (χ4n) is 2.75. The third-order valence-corrected chi connectivity index (χ3v) is 4.15. The van der Waals surface area contributed by atoms with Gasteiger partial charge in [-0.05, 0) is 50.1 Å². The molecule has 2 aromatic heterocycles. The van der Waals surface area contributed by atoms with Gasteiger partial charge in [-0.15, -0.1) is 0 Å². The molecule has 1 N–H and O–H groups in total. The molecule has 0 atom stereocenters. The second-order valence-corrected chi connectivity index (χ2v) is 5.59. The van der Waals surface area contributed by atoms with E-state index in [0.29, 0.717) is 5.56 Å². The summed E-state index contributed by atoms with van der Waals surface area (Å²) in [7, 11) is 0. The largest absolute Gasteiger partial charge is 0.343 e. The van der Waals surface area contributed by atoms with Crippen LogP contribution in [0.5, 0.6) is 0 Å². The number of rotatable bonds is 3. The van der Waals surface area contributed by atoms with Gasteiger partial charge >= 0.3 is 0 Å². The Morgan fingerprint density at radius 3 is 2.50 bits per heavy atom. The minimum atomic E-state index is 0.686. The van der Waals surface area contributed by atoms with Gasteiger partial charge < -0.3 is 4.57 Å². The second kappa shape index (κ2) is 5.53. The fraction of sp³-hybridized carbons (Fsp3) is 0.222. The van der Waals surface area contributed by atoms with Crippen molar-refractivity contribution >= 4 is 0 Å². The predicted octanol–water partition coefficient (Wildman–Crippen LogP) is 3.72. The van der Waals surface area contributed by atoms with Crippen LogP contribution in [0.1, 0.15) is 28.2 Å². The Balaban J connectivity index is 1.99. The summed E-state index contributed by atoms with van der Waals surface area (Å²) in [6.07, 6.45) is 1.85. The van der Waals surface area contributed by atoms with Crippen molar-refractivity contribution in [2.75, 3.05) is 0 Å². The van der Waals surface area contributed by atoms with Crippen LogP contribution in [-0.4, -0.2) is 14.8 Å². The first-order valence-electron chi connectivity index (χ1n) is 7.26. The molecule has 0 aliphatic rings. The lowest BCUT2D eigenvalue weighted by Gasteiger charge is -2.09. The average molecular weight is 290 g/mol. The maximum absolute atomic E-state index is 8.91. The Hall–Kier alpha value is -2.80. The highest BCUT2D eigenvalue weighted by Gasteiger charge is 2.12. The third-order valence-electron chi connectivity index (χ3n) is 4.15. The number of benzene rings is 1. The molecule has 2 heterocycles. The van der Waals surface area contributed by atoms with E-state index in [1.54, 1.807) is 0 Å². The summed E-state index contributed by atoms with van der Waals surface area (Å²) in [6, 6.07) is 12.1. The summed E-state index contributed by atoms with van der Waals surface area (Å²) in [5.74, 6) is 0. The SMILES string of the molecule is Cc1cn[nH]c1Cn1c(C)cc(-c2ccc(C#N)cc2)c1C. The van der Waals surface area contributed by atoms with Gasteiger partial charge in [-0.1, -0.05) is 12.1 Å². The summed E-state index contributed by atoms with van der Waals surface area (Å²) in [5.41, 5.74) is 7.77. The van der Waals surface area contributed by atoms with Crippen LogP contribution in [0.25, 0.3) is 11.1 Å². The molecule has 22 heavy (non-hydrogen) atoms. The van der Waals surface area contributed by atoms with Gasteiger partial charge in [0.05, 0.1) is 30.1 Å². The average Bonchev–Trinajstić information content (AvgIpc) is 3.06. The highest BCUT2D eigenvalue weighted by molar-refractivity contribution is 5.68. The first kappa shape index (κ1) is 14.2. The zero-order valence-corrected chi connectivity index (χ0v) is 13.0.